The molecule has 0 aromatic rings. The van der Waals surface area contributed by atoms with Crippen LogP contribution in [0.1, 0.15) is 26.2 Å². The number of hydrogen-bond acceptors (Lipinski definition) is 3. The van der Waals surface area contributed by atoms with E-state index in [4.69, 9.17) is 11.5 Å². The molecule has 0 saturated heterocycles. The van der Waals surface area contributed by atoms with Crippen LogP contribution in [0.2, 0.25) is 0 Å². The third-order valence-corrected chi connectivity index (χ3v) is 3.66. The molecule has 3 nitrogen and oxygen atoms in total. The van der Waals surface area contributed by atoms with Crippen molar-refractivity contribution < 1.29 is 0 Å². The number of hydrogen-bond donors (Lipinski definition) is 2. The Hall–Kier alpha value is -2.03. The largest absolute Gasteiger partial charge is 0.402 e. The molecule has 3 heteroatoms. The van der Waals surface area contributed by atoms with Crippen molar-refractivity contribution in [3.05, 3.63) is 59.0 Å². The Bertz CT molecular complexity index is 530. The molecule has 0 amide bonds. The highest BCUT2D eigenvalue weighted by Gasteiger charge is 2.11. The van der Waals surface area contributed by atoms with Crippen molar-refractivity contribution in [3.63, 3.8) is 0 Å². The monoisotopic (exact) mass is 269 g/mol. The average molecular weight is 269 g/mol. The quantitative estimate of drug-likeness (QED) is 0.771. The van der Waals surface area contributed by atoms with Crippen LogP contribution >= 0.6 is 0 Å². The lowest BCUT2D eigenvalue weighted by Gasteiger charge is -2.17. The maximum atomic E-state index is 5.86. The fourth-order valence-electron chi connectivity index (χ4n) is 2.28. The van der Waals surface area contributed by atoms with Gasteiger partial charge in [-0.3, -0.25) is 4.99 Å². The third kappa shape index (κ3) is 4.26. The highest BCUT2D eigenvalue weighted by molar-refractivity contribution is 5.72. The van der Waals surface area contributed by atoms with Gasteiger partial charge in [-0.1, -0.05) is 25.2 Å². The van der Waals surface area contributed by atoms with Crippen molar-refractivity contribution in [3.8, 4) is 0 Å². The Balaban J connectivity index is 1.80. The number of rotatable bonds is 4. The Morgan fingerprint density at radius 3 is 2.75 bits per heavy atom. The SMILES string of the molecule is CC1CC(C/N=C/C=C/C2=CC=C(N)CC2)=CC=C1N. The predicted octanol–water partition coefficient (Wildman–Crippen LogP) is 2.99. The van der Waals surface area contributed by atoms with Gasteiger partial charge in [0.05, 0.1) is 6.54 Å². The van der Waals surface area contributed by atoms with Crippen molar-refractivity contribution in [1.29, 1.82) is 0 Å². The van der Waals surface area contributed by atoms with E-state index in [-0.39, 0.29) is 0 Å². The fourth-order valence-corrected chi connectivity index (χ4v) is 2.28. The topological polar surface area (TPSA) is 64.4 Å². The average Bonchev–Trinajstić information content (AvgIpc) is 2.44. The molecule has 0 aromatic heterocycles. The lowest BCUT2D eigenvalue weighted by molar-refractivity contribution is 0.646. The van der Waals surface area contributed by atoms with Gasteiger partial charge in [0, 0.05) is 17.6 Å². The summed E-state index contributed by atoms with van der Waals surface area (Å²) < 4.78 is 0. The van der Waals surface area contributed by atoms with Gasteiger partial charge in [0.2, 0.25) is 0 Å². The van der Waals surface area contributed by atoms with Gasteiger partial charge in [-0.25, -0.2) is 0 Å². The van der Waals surface area contributed by atoms with Crippen molar-refractivity contribution >= 4 is 6.21 Å². The van der Waals surface area contributed by atoms with E-state index in [1.165, 1.54) is 11.1 Å². The number of nitrogens with two attached hydrogens (primary N) is 2. The Morgan fingerprint density at radius 1 is 1.20 bits per heavy atom. The van der Waals surface area contributed by atoms with E-state index < -0.39 is 0 Å². The van der Waals surface area contributed by atoms with E-state index in [2.05, 4.69) is 30.1 Å². The zero-order chi connectivity index (χ0) is 14.4. The van der Waals surface area contributed by atoms with Crippen LogP contribution in [-0.2, 0) is 0 Å². The molecule has 106 valence electrons. The molecule has 0 spiro atoms. The molecule has 2 aliphatic rings. The fraction of sp³-hybridized carbons (Fsp3) is 0.353. The second-order valence-corrected chi connectivity index (χ2v) is 5.43. The van der Waals surface area contributed by atoms with Crippen LogP contribution in [0.4, 0.5) is 0 Å². The van der Waals surface area contributed by atoms with Crippen molar-refractivity contribution in [2.24, 2.45) is 22.4 Å². The van der Waals surface area contributed by atoms with Gasteiger partial charge in [0.25, 0.3) is 0 Å². The molecule has 0 heterocycles. The highest BCUT2D eigenvalue weighted by atomic mass is 14.7. The molecule has 0 saturated carbocycles. The zero-order valence-electron chi connectivity index (χ0n) is 12.0. The first-order valence-corrected chi connectivity index (χ1v) is 7.12. The van der Waals surface area contributed by atoms with Crippen LogP contribution in [0, 0.1) is 5.92 Å². The van der Waals surface area contributed by atoms with E-state index >= 15 is 0 Å². The van der Waals surface area contributed by atoms with Crippen molar-refractivity contribution in [2.45, 2.75) is 26.2 Å². The normalized spacial score (nSPS) is 23.6. The molecule has 0 aromatic carbocycles. The van der Waals surface area contributed by atoms with Crippen LogP contribution < -0.4 is 11.5 Å². The second kappa shape index (κ2) is 6.94. The molecule has 20 heavy (non-hydrogen) atoms. The predicted molar refractivity (Wildman–Crippen MR) is 86.2 cm³/mol. The Kier molecular flexibility index (Phi) is 4.99. The molecule has 0 fully saturated rings. The van der Waals surface area contributed by atoms with Gasteiger partial charge in [0.1, 0.15) is 0 Å². The minimum absolute atomic E-state index is 0.436. The summed E-state index contributed by atoms with van der Waals surface area (Å²) in [5.41, 5.74) is 16.1. The molecule has 0 aliphatic heterocycles. The van der Waals surface area contributed by atoms with Crippen LogP contribution in [0.3, 0.4) is 0 Å². The zero-order valence-corrected chi connectivity index (χ0v) is 12.0. The van der Waals surface area contributed by atoms with Crippen LogP contribution in [0.5, 0.6) is 0 Å². The summed E-state index contributed by atoms with van der Waals surface area (Å²) >= 11 is 0. The minimum Gasteiger partial charge on any atom is -0.402 e. The maximum absolute atomic E-state index is 5.86. The van der Waals surface area contributed by atoms with E-state index in [1.807, 2.05) is 24.4 Å². The van der Waals surface area contributed by atoms with Gasteiger partial charge >= 0.3 is 0 Å². The molecule has 0 bridgehead atoms. The van der Waals surface area contributed by atoms with Crippen LogP contribution in [-0.4, -0.2) is 12.8 Å². The summed E-state index contributed by atoms with van der Waals surface area (Å²) in [5, 5.41) is 0. The van der Waals surface area contributed by atoms with Crippen molar-refractivity contribution in [2.75, 3.05) is 6.54 Å². The molecule has 2 aliphatic carbocycles. The van der Waals surface area contributed by atoms with Gasteiger partial charge in [-0.2, -0.15) is 0 Å². The van der Waals surface area contributed by atoms with E-state index in [0.29, 0.717) is 5.92 Å². The summed E-state index contributed by atoms with van der Waals surface area (Å²) in [4.78, 5) is 4.44. The number of allylic oxidation sites excluding steroid dienone is 9. The summed E-state index contributed by atoms with van der Waals surface area (Å²) in [5.74, 6) is 0.436. The maximum Gasteiger partial charge on any atom is 0.0602 e. The molecule has 2 rings (SSSR count). The molecular formula is C17H23N3. The van der Waals surface area contributed by atoms with E-state index in [0.717, 1.165) is 37.2 Å². The standard InChI is InChI=1S/C17H23N3/c1-13-11-15(6-9-17(13)19)12-20-10-2-3-14-4-7-16(18)8-5-14/h2-4,6-7,9-10,13H,5,8,11-12,18-19H2,1H3/b3-2+,20-10+. The van der Waals surface area contributed by atoms with E-state index in [9.17, 15) is 0 Å². The van der Waals surface area contributed by atoms with Crippen molar-refractivity contribution in [1.82, 2.24) is 0 Å². The van der Waals surface area contributed by atoms with Gasteiger partial charge in [-0.05, 0) is 54.6 Å². The van der Waals surface area contributed by atoms with Gasteiger partial charge in [-0.15, -0.1) is 0 Å². The van der Waals surface area contributed by atoms with Crippen LogP contribution in [0.25, 0.3) is 0 Å². The first kappa shape index (κ1) is 14.4. The molecule has 4 N–H and O–H groups in total. The van der Waals surface area contributed by atoms with Gasteiger partial charge in [0.15, 0.2) is 0 Å². The summed E-state index contributed by atoms with van der Waals surface area (Å²) in [6.45, 7) is 2.90. The second-order valence-electron chi connectivity index (χ2n) is 5.43. The Labute approximate surface area is 121 Å². The highest BCUT2D eigenvalue weighted by Crippen LogP contribution is 2.21. The smallest absolute Gasteiger partial charge is 0.0602 e. The minimum atomic E-state index is 0.436. The molecule has 0 radical (unpaired) electrons. The van der Waals surface area contributed by atoms with E-state index in [1.54, 1.807) is 0 Å². The Morgan fingerprint density at radius 2 is 2.05 bits per heavy atom. The van der Waals surface area contributed by atoms with Gasteiger partial charge < -0.3 is 11.5 Å². The molecule has 1 unspecified atom stereocenters. The lowest BCUT2D eigenvalue weighted by atomic mass is 9.93. The molecule has 1 atom stereocenters. The summed E-state index contributed by atoms with van der Waals surface area (Å²) in [6.07, 6.45) is 17.1. The summed E-state index contributed by atoms with van der Waals surface area (Å²) in [6, 6.07) is 0. The summed E-state index contributed by atoms with van der Waals surface area (Å²) in [7, 11) is 0. The first-order valence-electron chi connectivity index (χ1n) is 7.12. The number of aliphatic imine (C=N–C) groups is 1. The van der Waals surface area contributed by atoms with Crippen LogP contribution in [0.15, 0.2) is 64.0 Å². The first-order chi connectivity index (χ1) is 9.65. The third-order valence-electron chi connectivity index (χ3n) is 3.66. The molecular weight excluding hydrogens is 246 g/mol. The lowest BCUT2D eigenvalue weighted by Crippen LogP contribution is -2.13. The number of nitrogens with zero attached hydrogens (tertiary/aromatic N) is 1.